The van der Waals surface area contributed by atoms with Crippen molar-refractivity contribution in [2.45, 2.75) is 0 Å². The lowest BCUT2D eigenvalue weighted by atomic mass is 10.4. The van der Waals surface area contributed by atoms with Crippen molar-refractivity contribution in [3.05, 3.63) is 0 Å². The molecular weight excluding hydrogens is 228 g/mol. The van der Waals surface area contributed by atoms with E-state index in [1.165, 1.54) is 4.90 Å². The Hall–Kier alpha value is -2.07. The molecule has 2 amide bonds. The van der Waals surface area contributed by atoms with Crippen LogP contribution in [0.3, 0.4) is 0 Å². The van der Waals surface area contributed by atoms with Crippen LogP contribution >= 0.6 is 0 Å². The molecule has 0 aliphatic carbocycles. The van der Waals surface area contributed by atoms with E-state index in [1.54, 1.807) is 0 Å². The number of amides is 2. The molecule has 1 aliphatic rings. The minimum Gasteiger partial charge on any atom is -0.480 e. The smallest absolute Gasteiger partial charge is 0.416 e. The van der Waals surface area contributed by atoms with E-state index < -0.39 is 18.0 Å². The van der Waals surface area contributed by atoms with Crippen LogP contribution in [0.2, 0.25) is 0 Å². The second-order valence-corrected chi connectivity index (χ2v) is 3.40. The molecule has 1 heterocycles. The van der Waals surface area contributed by atoms with Gasteiger partial charge in [0.1, 0.15) is 6.61 Å². The maximum atomic E-state index is 11.6. The number of imide groups is 1. The van der Waals surface area contributed by atoms with Gasteiger partial charge in [-0.2, -0.15) is 0 Å². The zero-order valence-corrected chi connectivity index (χ0v) is 9.09. The molecule has 1 aliphatic heterocycles. The molecule has 0 bridgehead atoms. The van der Waals surface area contributed by atoms with Crippen LogP contribution in [-0.2, 0) is 14.3 Å². The van der Waals surface area contributed by atoms with E-state index in [0.717, 1.165) is 4.90 Å². The van der Waals surface area contributed by atoms with Gasteiger partial charge in [-0.15, -0.1) is 6.42 Å². The third-order valence-electron chi connectivity index (χ3n) is 2.09. The van der Waals surface area contributed by atoms with Crippen molar-refractivity contribution >= 4 is 18.0 Å². The minimum absolute atomic E-state index is 0.0287. The fraction of sp³-hybridized carbons (Fsp3) is 0.500. The first-order valence-electron chi connectivity index (χ1n) is 4.89. The first kappa shape index (κ1) is 13.0. The summed E-state index contributed by atoms with van der Waals surface area (Å²) in [6, 6.07) is 0. The van der Waals surface area contributed by atoms with Gasteiger partial charge < -0.3 is 9.84 Å². The summed E-state index contributed by atoms with van der Waals surface area (Å²) in [6.07, 6.45) is 4.36. The van der Waals surface area contributed by atoms with E-state index in [2.05, 4.69) is 10.7 Å². The predicted octanol–water partition coefficient (Wildman–Crippen LogP) is -1.01. The van der Waals surface area contributed by atoms with Gasteiger partial charge >= 0.3 is 12.1 Å². The van der Waals surface area contributed by atoms with Gasteiger partial charge in [0, 0.05) is 0 Å². The highest BCUT2D eigenvalue weighted by atomic mass is 16.6. The number of terminal acetylenes is 1. The molecule has 0 atom stereocenters. The molecule has 7 nitrogen and oxygen atoms in total. The quantitative estimate of drug-likeness (QED) is 0.619. The number of hydrogen-bond donors (Lipinski definition) is 1. The number of carbonyl (C=O) groups excluding carboxylic acids is 2. The number of rotatable bonds is 5. The fourth-order valence-corrected chi connectivity index (χ4v) is 1.38. The highest BCUT2D eigenvalue weighted by molar-refractivity contribution is 5.94. The molecule has 1 N–H and O–H groups in total. The van der Waals surface area contributed by atoms with Gasteiger partial charge in [-0.3, -0.25) is 14.5 Å². The van der Waals surface area contributed by atoms with Gasteiger partial charge in [0.15, 0.2) is 0 Å². The van der Waals surface area contributed by atoms with Gasteiger partial charge in [-0.1, -0.05) is 5.92 Å². The summed E-state index contributed by atoms with van der Waals surface area (Å²) in [5.41, 5.74) is 0. The summed E-state index contributed by atoms with van der Waals surface area (Å²) >= 11 is 0. The Morgan fingerprint density at radius 2 is 2.24 bits per heavy atom. The van der Waals surface area contributed by atoms with Crippen molar-refractivity contribution in [2.24, 2.45) is 0 Å². The molecule has 0 spiro atoms. The molecule has 0 saturated carbocycles. The molecule has 7 heteroatoms. The summed E-state index contributed by atoms with van der Waals surface area (Å²) in [5, 5.41) is 8.61. The molecular formula is C10H12N2O5. The number of carboxylic acids is 1. The average molecular weight is 240 g/mol. The summed E-state index contributed by atoms with van der Waals surface area (Å²) in [7, 11) is 0. The van der Waals surface area contributed by atoms with Crippen LogP contribution in [0.5, 0.6) is 0 Å². The average Bonchev–Trinajstić information content (AvgIpc) is 2.63. The third kappa shape index (κ3) is 3.77. The molecule has 1 rings (SSSR count). The van der Waals surface area contributed by atoms with Crippen LogP contribution < -0.4 is 0 Å². The van der Waals surface area contributed by atoms with Gasteiger partial charge in [-0.25, -0.2) is 9.69 Å². The topological polar surface area (TPSA) is 87.2 Å². The molecule has 0 aromatic rings. The van der Waals surface area contributed by atoms with Crippen molar-refractivity contribution in [1.82, 2.24) is 9.80 Å². The fourth-order valence-electron chi connectivity index (χ4n) is 1.38. The maximum absolute atomic E-state index is 11.6. The number of carbonyl (C=O) groups is 3. The molecule has 17 heavy (non-hydrogen) atoms. The molecule has 1 saturated heterocycles. The van der Waals surface area contributed by atoms with Crippen molar-refractivity contribution in [3.63, 3.8) is 0 Å². The summed E-state index contributed by atoms with van der Waals surface area (Å²) in [6.45, 7) is -0.182. The molecule has 0 radical (unpaired) electrons. The van der Waals surface area contributed by atoms with Crippen LogP contribution in [-0.4, -0.2) is 65.7 Å². The lowest BCUT2D eigenvalue weighted by Crippen LogP contribution is -2.42. The first-order chi connectivity index (χ1) is 8.04. The van der Waals surface area contributed by atoms with E-state index in [0.29, 0.717) is 0 Å². The molecule has 0 aromatic carbocycles. The van der Waals surface area contributed by atoms with Crippen LogP contribution in [0.1, 0.15) is 0 Å². The number of cyclic esters (lactones) is 1. The van der Waals surface area contributed by atoms with Gasteiger partial charge in [-0.05, 0) is 0 Å². The summed E-state index contributed by atoms with van der Waals surface area (Å²) in [4.78, 5) is 35.5. The Morgan fingerprint density at radius 3 is 2.71 bits per heavy atom. The van der Waals surface area contributed by atoms with E-state index in [-0.39, 0.29) is 32.8 Å². The van der Waals surface area contributed by atoms with Crippen molar-refractivity contribution in [2.75, 3.05) is 32.8 Å². The molecule has 92 valence electrons. The maximum Gasteiger partial charge on any atom is 0.416 e. The monoisotopic (exact) mass is 240 g/mol. The summed E-state index contributed by atoms with van der Waals surface area (Å²) < 4.78 is 4.60. The van der Waals surface area contributed by atoms with Crippen molar-refractivity contribution in [3.8, 4) is 12.3 Å². The zero-order chi connectivity index (χ0) is 12.8. The first-order valence-corrected chi connectivity index (χ1v) is 4.89. The van der Waals surface area contributed by atoms with Gasteiger partial charge in [0.2, 0.25) is 5.91 Å². The SMILES string of the molecule is C#CCN(CC(=O)O)CC(=O)N1CCOC1=O. The third-order valence-corrected chi connectivity index (χ3v) is 2.09. The van der Waals surface area contributed by atoms with Gasteiger partial charge in [0.25, 0.3) is 0 Å². The number of hydrogen-bond acceptors (Lipinski definition) is 5. The molecule has 1 fully saturated rings. The highest BCUT2D eigenvalue weighted by Crippen LogP contribution is 2.04. The predicted molar refractivity (Wildman–Crippen MR) is 56.0 cm³/mol. The summed E-state index contributed by atoms with van der Waals surface area (Å²) in [5.74, 6) is 0.660. The van der Waals surface area contributed by atoms with Crippen LogP contribution in [0.4, 0.5) is 4.79 Å². The number of aliphatic carboxylic acids is 1. The van der Waals surface area contributed by atoms with Crippen molar-refractivity contribution in [1.29, 1.82) is 0 Å². The van der Waals surface area contributed by atoms with E-state index in [9.17, 15) is 14.4 Å². The van der Waals surface area contributed by atoms with E-state index in [1.807, 2.05) is 0 Å². The Balaban J connectivity index is 2.54. The van der Waals surface area contributed by atoms with Crippen LogP contribution in [0.25, 0.3) is 0 Å². The van der Waals surface area contributed by atoms with Crippen LogP contribution in [0.15, 0.2) is 0 Å². The number of nitrogens with zero attached hydrogens (tertiary/aromatic N) is 2. The Labute approximate surface area is 97.9 Å². The van der Waals surface area contributed by atoms with E-state index >= 15 is 0 Å². The molecule has 0 unspecified atom stereocenters. The number of carboxylic acid groups (broad SMARTS) is 1. The van der Waals surface area contributed by atoms with E-state index in [4.69, 9.17) is 11.5 Å². The Morgan fingerprint density at radius 1 is 1.53 bits per heavy atom. The second-order valence-electron chi connectivity index (χ2n) is 3.40. The largest absolute Gasteiger partial charge is 0.480 e. The van der Waals surface area contributed by atoms with Gasteiger partial charge in [0.05, 0.1) is 26.2 Å². The lowest BCUT2D eigenvalue weighted by molar-refractivity contribution is -0.139. The molecule has 0 aromatic heterocycles. The number of ether oxygens (including phenoxy) is 1. The van der Waals surface area contributed by atoms with Crippen molar-refractivity contribution < 1.29 is 24.2 Å². The lowest BCUT2D eigenvalue weighted by Gasteiger charge is -2.19. The standard InChI is InChI=1S/C10H12N2O5/c1-2-3-11(7-9(14)15)6-8(13)12-4-5-17-10(12)16/h1H,3-7H2,(H,14,15). The normalized spacial score (nSPS) is 14.6. The second kappa shape index (κ2) is 5.86. The highest BCUT2D eigenvalue weighted by Gasteiger charge is 2.29. The Kier molecular flexibility index (Phi) is 4.48. The Bertz CT molecular complexity index is 373. The zero-order valence-electron chi connectivity index (χ0n) is 9.09. The van der Waals surface area contributed by atoms with Crippen LogP contribution in [0, 0.1) is 12.3 Å². The minimum atomic E-state index is -1.09.